The van der Waals surface area contributed by atoms with Crippen molar-refractivity contribution in [2.45, 2.75) is 77.0 Å². The van der Waals surface area contributed by atoms with Gasteiger partial charge < -0.3 is 25.4 Å². The summed E-state index contributed by atoms with van der Waals surface area (Å²) in [6.07, 6.45) is 2.51. The van der Waals surface area contributed by atoms with Crippen LogP contribution in [-0.4, -0.2) is 42.1 Å². The zero-order chi connectivity index (χ0) is 23.9. The summed E-state index contributed by atoms with van der Waals surface area (Å²) in [7, 11) is 1.30. The van der Waals surface area contributed by atoms with Crippen LogP contribution in [0, 0.1) is 0 Å². The molecule has 9 heteroatoms. The van der Waals surface area contributed by atoms with Crippen LogP contribution in [0.4, 0.5) is 10.5 Å². The molecule has 2 rings (SSSR count). The topological polar surface area (TPSA) is 123 Å². The molecule has 176 valence electrons. The van der Waals surface area contributed by atoms with Crippen molar-refractivity contribution in [1.82, 2.24) is 10.6 Å². The van der Waals surface area contributed by atoms with E-state index in [0.29, 0.717) is 18.5 Å². The molecule has 0 aliphatic heterocycles. The zero-order valence-electron chi connectivity index (χ0n) is 19.4. The van der Waals surface area contributed by atoms with Gasteiger partial charge in [-0.05, 0) is 58.2 Å². The van der Waals surface area contributed by atoms with Crippen LogP contribution in [0.1, 0.15) is 71.4 Å². The number of hydrogen-bond acceptors (Lipinski definition) is 6. The lowest BCUT2D eigenvalue weighted by atomic mass is 9.93. The minimum Gasteiger partial charge on any atom is -0.469 e. The summed E-state index contributed by atoms with van der Waals surface area (Å²) in [6.45, 7) is 7.17. The number of amides is 3. The normalized spacial score (nSPS) is 15.9. The van der Waals surface area contributed by atoms with Crippen LogP contribution in [-0.2, 0) is 23.9 Å². The van der Waals surface area contributed by atoms with Gasteiger partial charge in [0.2, 0.25) is 0 Å². The number of ether oxygens (including phenoxy) is 2. The van der Waals surface area contributed by atoms with Crippen LogP contribution < -0.4 is 16.0 Å². The van der Waals surface area contributed by atoms with Crippen LogP contribution in [0.25, 0.3) is 0 Å². The Morgan fingerprint density at radius 2 is 1.62 bits per heavy atom. The number of nitrogens with one attached hydrogen (secondary N) is 3. The lowest BCUT2D eigenvalue weighted by molar-refractivity contribution is -0.144. The lowest BCUT2D eigenvalue weighted by Gasteiger charge is -2.28. The third kappa shape index (κ3) is 7.55. The van der Waals surface area contributed by atoms with Gasteiger partial charge in [-0.25, -0.2) is 4.79 Å². The molecule has 3 N–H and O–H groups in total. The minimum atomic E-state index is -0.811. The summed E-state index contributed by atoms with van der Waals surface area (Å²) in [5, 5.41) is 8.04. The van der Waals surface area contributed by atoms with Crippen LogP contribution in [0.15, 0.2) is 24.3 Å². The minimum absolute atomic E-state index is 0.0414. The third-order valence-electron chi connectivity index (χ3n) is 5.26. The van der Waals surface area contributed by atoms with Crippen LogP contribution >= 0.6 is 0 Å². The molecule has 0 heterocycles. The number of hydrogen-bond donors (Lipinski definition) is 3. The van der Waals surface area contributed by atoms with Gasteiger partial charge in [-0.1, -0.05) is 25.0 Å². The van der Waals surface area contributed by atoms with Crippen molar-refractivity contribution in [2.24, 2.45) is 0 Å². The summed E-state index contributed by atoms with van der Waals surface area (Å²) in [5.41, 5.74) is -0.0891. The van der Waals surface area contributed by atoms with E-state index in [1.807, 2.05) is 6.92 Å². The first-order valence-corrected chi connectivity index (χ1v) is 10.7. The van der Waals surface area contributed by atoms with Crippen molar-refractivity contribution in [3.05, 3.63) is 29.8 Å². The maximum atomic E-state index is 12.5. The molecule has 0 radical (unpaired) electrons. The summed E-state index contributed by atoms with van der Waals surface area (Å²) in [6, 6.07) is 6.47. The largest absolute Gasteiger partial charge is 0.469 e. The molecule has 1 fully saturated rings. The summed E-state index contributed by atoms with van der Waals surface area (Å²) in [5.74, 6) is -2.02. The predicted octanol–water partition coefficient (Wildman–Crippen LogP) is 3.20. The van der Waals surface area contributed by atoms with Gasteiger partial charge >= 0.3 is 23.9 Å². The van der Waals surface area contributed by atoms with E-state index in [-0.39, 0.29) is 12.5 Å². The smallest absolute Gasteiger partial charge is 0.408 e. The molecule has 1 atom stereocenters. The zero-order valence-corrected chi connectivity index (χ0v) is 19.4. The molecule has 0 bridgehead atoms. The molecule has 1 aromatic carbocycles. The highest BCUT2D eigenvalue weighted by Crippen LogP contribution is 2.33. The molecule has 9 nitrogen and oxygen atoms in total. The molecule has 32 heavy (non-hydrogen) atoms. The standard InChI is InChI=1S/C23H33N3O6/c1-15(24-21(30)32-22(2,3)4)16-8-10-17(11-9-16)25-19(28)20(29)26-23(12-6-7-13-23)14-18(27)31-5/h8-11,15H,6-7,12-14H2,1-5H3,(H,24,30)(H,25,28)(H,26,29). The van der Waals surface area contributed by atoms with Crippen molar-refractivity contribution in [1.29, 1.82) is 0 Å². The van der Waals surface area contributed by atoms with Crippen molar-refractivity contribution in [3.8, 4) is 0 Å². The van der Waals surface area contributed by atoms with Gasteiger partial charge in [0.1, 0.15) is 5.60 Å². The Morgan fingerprint density at radius 3 is 2.16 bits per heavy atom. The van der Waals surface area contributed by atoms with Gasteiger partial charge in [0.15, 0.2) is 0 Å². The van der Waals surface area contributed by atoms with Gasteiger partial charge in [-0.3, -0.25) is 14.4 Å². The highest BCUT2D eigenvalue weighted by Gasteiger charge is 2.39. The Balaban J connectivity index is 1.93. The molecule has 1 aromatic rings. The first-order valence-electron chi connectivity index (χ1n) is 10.7. The molecule has 0 saturated heterocycles. The number of carbonyl (C=O) groups excluding carboxylic acids is 4. The van der Waals surface area contributed by atoms with Crippen molar-refractivity contribution in [2.75, 3.05) is 12.4 Å². The van der Waals surface area contributed by atoms with Crippen molar-refractivity contribution in [3.63, 3.8) is 0 Å². The van der Waals surface area contributed by atoms with Crippen molar-refractivity contribution >= 4 is 29.6 Å². The van der Waals surface area contributed by atoms with Gasteiger partial charge in [0.05, 0.1) is 25.1 Å². The summed E-state index contributed by atoms with van der Waals surface area (Å²) in [4.78, 5) is 48.5. The van der Waals surface area contributed by atoms with Gasteiger partial charge in [0.25, 0.3) is 0 Å². The number of methoxy groups -OCH3 is 1. The first kappa shape index (κ1) is 25.2. The molecule has 0 spiro atoms. The number of rotatable bonds is 6. The highest BCUT2D eigenvalue weighted by molar-refractivity contribution is 6.39. The number of esters is 1. The fourth-order valence-electron chi connectivity index (χ4n) is 3.65. The number of carbonyl (C=O) groups is 4. The maximum absolute atomic E-state index is 12.5. The predicted molar refractivity (Wildman–Crippen MR) is 119 cm³/mol. The van der Waals surface area contributed by atoms with E-state index in [1.54, 1.807) is 45.0 Å². The summed E-state index contributed by atoms with van der Waals surface area (Å²) >= 11 is 0. The van der Waals surface area contributed by atoms with E-state index in [2.05, 4.69) is 16.0 Å². The van der Waals surface area contributed by atoms with E-state index in [0.717, 1.165) is 18.4 Å². The van der Waals surface area contributed by atoms with Gasteiger partial charge in [-0.2, -0.15) is 0 Å². The molecule has 1 saturated carbocycles. The molecule has 1 unspecified atom stereocenters. The first-order chi connectivity index (χ1) is 14.9. The van der Waals surface area contributed by atoms with E-state index in [4.69, 9.17) is 9.47 Å². The molecule has 3 amide bonds. The van der Waals surface area contributed by atoms with E-state index in [1.165, 1.54) is 7.11 Å². The van der Waals surface area contributed by atoms with E-state index < -0.39 is 35.0 Å². The molecule has 0 aromatic heterocycles. The second-order valence-electron chi connectivity index (χ2n) is 9.14. The average Bonchev–Trinajstić information content (AvgIpc) is 3.14. The highest BCUT2D eigenvalue weighted by atomic mass is 16.6. The second kappa shape index (κ2) is 10.5. The Kier molecular flexibility index (Phi) is 8.24. The molecular formula is C23H33N3O6. The van der Waals surface area contributed by atoms with Crippen LogP contribution in [0.5, 0.6) is 0 Å². The van der Waals surface area contributed by atoms with E-state index >= 15 is 0 Å². The SMILES string of the molecule is COC(=O)CC1(NC(=O)C(=O)Nc2ccc(C(C)NC(=O)OC(C)(C)C)cc2)CCCC1. The monoisotopic (exact) mass is 447 g/mol. The Hall–Kier alpha value is -3.10. The third-order valence-corrected chi connectivity index (χ3v) is 5.26. The van der Waals surface area contributed by atoms with Crippen LogP contribution in [0.2, 0.25) is 0 Å². The van der Waals surface area contributed by atoms with E-state index in [9.17, 15) is 19.2 Å². The molecule has 1 aliphatic carbocycles. The number of anilines is 1. The number of alkyl carbamates (subject to hydrolysis) is 1. The number of benzene rings is 1. The quantitative estimate of drug-likeness (QED) is 0.455. The Labute approximate surface area is 188 Å². The fourth-order valence-corrected chi connectivity index (χ4v) is 3.65. The second-order valence-corrected chi connectivity index (χ2v) is 9.14. The Morgan fingerprint density at radius 1 is 1.03 bits per heavy atom. The van der Waals surface area contributed by atoms with Gasteiger partial charge in [0, 0.05) is 5.69 Å². The molecular weight excluding hydrogens is 414 g/mol. The van der Waals surface area contributed by atoms with Crippen molar-refractivity contribution < 1.29 is 28.7 Å². The lowest BCUT2D eigenvalue weighted by Crippen LogP contribution is -2.51. The van der Waals surface area contributed by atoms with Gasteiger partial charge in [-0.15, -0.1) is 0 Å². The Bertz CT molecular complexity index is 838. The molecule has 1 aliphatic rings. The average molecular weight is 448 g/mol. The summed E-state index contributed by atoms with van der Waals surface area (Å²) < 4.78 is 9.97. The van der Waals surface area contributed by atoms with Crippen LogP contribution in [0.3, 0.4) is 0 Å². The maximum Gasteiger partial charge on any atom is 0.408 e. The fraction of sp³-hybridized carbons (Fsp3) is 0.565.